The summed E-state index contributed by atoms with van der Waals surface area (Å²) < 4.78 is 0. The van der Waals surface area contributed by atoms with Crippen molar-refractivity contribution in [3.05, 3.63) is 35.9 Å². The van der Waals surface area contributed by atoms with E-state index in [1.165, 1.54) is 25.2 Å². The van der Waals surface area contributed by atoms with Gasteiger partial charge in [0, 0.05) is 25.7 Å². The number of rotatable bonds is 4. The number of hydrogen-bond donors (Lipinski definition) is 1. The lowest BCUT2D eigenvalue weighted by atomic mass is 10.1. The Morgan fingerprint density at radius 3 is 2.62 bits per heavy atom. The Hall–Kier alpha value is -0.860. The molecule has 0 amide bonds. The molecule has 2 atom stereocenters. The highest BCUT2D eigenvalue weighted by molar-refractivity contribution is 5.14. The quantitative estimate of drug-likeness (QED) is 0.832. The highest BCUT2D eigenvalue weighted by Gasteiger charge is 2.27. The Morgan fingerprint density at radius 2 is 2.00 bits per heavy atom. The van der Waals surface area contributed by atoms with Gasteiger partial charge in [-0.1, -0.05) is 44.2 Å². The Labute approximate surface area is 98.7 Å². The van der Waals surface area contributed by atoms with Crippen molar-refractivity contribution in [3.63, 3.8) is 0 Å². The fourth-order valence-corrected chi connectivity index (χ4v) is 2.44. The van der Waals surface area contributed by atoms with E-state index in [-0.39, 0.29) is 0 Å². The van der Waals surface area contributed by atoms with Crippen molar-refractivity contribution in [2.24, 2.45) is 5.92 Å². The number of hydrogen-bond acceptors (Lipinski definition) is 2. The lowest BCUT2D eigenvalue weighted by Crippen LogP contribution is -2.35. The summed E-state index contributed by atoms with van der Waals surface area (Å²) >= 11 is 0. The molecule has 1 heterocycles. The molecule has 1 fully saturated rings. The van der Waals surface area contributed by atoms with Crippen molar-refractivity contribution >= 4 is 0 Å². The maximum atomic E-state index is 3.67. The van der Waals surface area contributed by atoms with Gasteiger partial charge in [-0.05, 0) is 18.0 Å². The molecule has 1 aliphatic rings. The van der Waals surface area contributed by atoms with Crippen LogP contribution in [0.5, 0.6) is 0 Å². The number of likely N-dealkylation sites (tertiary alicyclic amines) is 1. The second kappa shape index (κ2) is 5.46. The minimum absolute atomic E-state index is 0.653. The zero-order valence-electron chi connectivity index (χ0n) is 10.3. The number of nitrogens with one attached hydrogen (secondary N) is 1. The van der Waals surface area contributed by atoms with Gasteiger partial charge >= 0.3 is 0 Å². The molecule has 2 rings (SSSR count). The fourth-order valence-electron chi connectivity index (χ4n) is 2.44. The van der Waals surface area contributed by atoms with Gasteiger partial charge in [-0.15, -0.1) is 0 Å². The van der Waals surface area contributed by atoms with Crippen molar-refractivity contribution in [1.82, 2.24) is 10.2 Å². The van der Waals surface area contributed by atoms with Crippen molar-refractivity contribution in [3.8, 4) is 0 Å². The molecule has 0 spiro atoms. The molecule has 1 saturated heterocycles. The third-order valence-electron chi connectivity index (χ3n) is 3.55. The van der Waals surface area contributed by atoms with Crippen LogP contribution in [0.3, 0.4) is 0 Å². The summed E-state index contributed by atoms with van der Waals surface area (Å²) in [7, 11) is 0. The first-order valence-corrected chi connectivity index (χ1v) is 6.29. The molecule has 2 heteroatoms. The van der Waals surface area contributed by atoms with E-state index in [0.29, 0.717) is 6.04 Å². The van der Waals surface area contributed by atoms with Gasteiger partial charge in [-0.25, -0.2) is 0 Å². The van der Waals surface area contributed by atoms with Crippen LogP contribution in [0.1, 0.15) is 19.4 Å². The number of nitrogens with zero attached hydrogens (tertiary/aromatic N) is 1. The molecule has 88 valence electrons. The Morgan fingerprint density at radius 1 is 1.25 bits per heavy atom. The normalized spacial score (nSPS) is 26.1. The Bertz CT molecular complexity index is 310. The molecule has 1 aromatic carbocycles. The summed E-state index contributed by atoms with van der Waals surface area (Å²) in [5.41, 5.74) is 1.38. The van der Waals surface area contributed by atoms with E-state index in [9.17, 15) is 0 Å². The van der Waals surface area contributed by atoms with Crippen LogP contribution in [0.4, 0.5) is 0 Å². The molecule has 0 bridgehead atoms. The third kappa shape index (κ3) is 2.83. The minimum atomic E-state index is 0.653. The van der Waals surface area contributed by atoms with Crippen molar-refractivity contribution in [1.29, 1.82) is 0 Å². The average molecular weight is 218 g/mol. The van der Waals surface area contributed by atoms with Gasteiger partial charge in [0.05, 0.1) is 0 Å². The second-order valence-electron chi connectivity index (χ2n) is 4.80. The molecule has 2 nitrogen and oxygen atoms in total. The molecule has 0 aromatic heterocycles. The van der Waals surface area contributed by atoms with Gasteiger partial charge in [0.1, 0.15) is 0 Å². The lowest BCUT2D eigenvalue weighted by Gasteiger charge is -2.16. The first-order valence-electron chi connectivity index (χ1n) is 6.29. The van der Waals surface area contributed by atoms with Crippen LogP contribution in [0.15, 0.2) is 30.3 Å². The molecule has 0 aliphatic carbocycles. The molecule has 16 heavy (non-hydrogen) atoms. The summed E-state index contributed by atoms with van der Waals surface area (Å²) in [5, 5.41) is 3.67. The van der Waals surface area contributed by atoms with E-state index in [2.05, 4.69) is 54.4 Å². The van der Waals surface area contributed by atoms with Crippen LogP contribution in [0.2, 0.25) is 0 Å². The average Bonchev–Trinajstić information content (AvgIpc) is 2.69. The van der Waals surface area contributed by atoms with Crippen LogP contribution in [0.25, 0.3) is 0 Å². The van der Waals surface area contributed by atoms with Crippen LogP contribution in [-0.2, 0) is 6.54 Å². The zero-order chi connectivity index (χ0) is 11.4. The topological polar surface area (TPSA) is 15.3 Å². The molecule has 0 saturated carbocycles. The standard InChI is InChI=1S/C14H22N2/c1-3-16-10-12(2)14(11-16)15-9-13-7-5-4-6-8-13/h4-8,12,14-15H,3,9-11H2,1-2H3. The van der Waals surface area contributed by atoms with Crippen molar-refractivity contribution < 1.29 is 0 Å². The first kappa shape index (κ1) is 11.6. The van der Waals surface area contributed by atoms with Crippen molar-refractivity contribution in [2.45, 2.75) is 26.4 Å². The summed E-state index contributed by atoms with van der Waals surface area (Å²) in [6.45, 7) is 9.19. The zero-order valence-corrected chi connectivity index (χ0v) is 10.3. The SMILES string of the molecule is CCN1CC(C)C(NCc2ccccc2)C1. The van der Waals surface area contributed by atoms with Crippen LogP contribution < -0.4 is 5.32 Å². The Kier molecular flexibility index (Phi) is 3.97. The number of benzene rings is 1. The Balaban J connectivity index is 1.82. The molecule has 1 N–H and O–H groups in total. The molecule has 1 aromatic rings. The maximum Gasteiger partial charge on any atom is 0.0235 e. The monoisotopic (exact) mass is 218 g/mol. The maximum absolute atomic E-state index is 3.67. The smallest absolute Gasteiger partial charge is 0.0235 e. The first-order chi connectivity index (χ1) is 7.79. The summed E-state index contributed by atoms with van der Waals surface area (Å²) in [6, 6.07) is 11.3. The van der Waals surface area contributed by atoms with E-state index in [4.69, 9.17) is 0 Å². The van der Waals surface area contributed by atoms with E-state index in [0.717, 1.165) is 12.5 Å². The van der Waals surface area contributed by atoms with Gasteiger partial charge in [0.2, 0.25) is 0 Å². The van der Waals surface area contributed by atoms with Gasteiger partial charge in [-0.3, -0.25) is 0 Å². The molecule has 1 aliphatic heterocycles. The number of likely N-dealkylation sites (N-methyl/N-ethyl adjacent to an activating group) is 1. The summed E-state index contributed by atoms with van der Waals surface area (Å²) in [6.07, 6.45) is 0. The van der Waals surface area contributed by atoms with Crippen LogP contribution in [0, 0.1) is 5.92 Å². The summed E-state index contributed by atoms with van der Waals surface area (Å²) in [5.74, 6) is 0.767. The van der Waals surface area contributed by atoms with E-state index < -0.39 is 0 Å². The van der Waals surface area contributed by atoms with Gasteiger partial charge in [0.25, 0.3) is 0 Å². The predicted molar refractivity (Wildman–Crippen MR) is 68.3 cm³/mol. The molecule has 0 radical (unpaired) electrons. The van der Waals surface area contributed by atoms with E-state index in [1.807, 2.05) is 0 Å². The predicted octanol–water partition coefficient (Wildman–Crippen LogP) is 2.12. The van der Waals surface area contributed by atoms with Gasteiger partial charge < -0.3 is 10.2 Å². The highest BCUT2D eigenvalue weighted by atomic mass is 15.2. The van der Waals surface area contributed by atoms with E-state index >= 15 is 0 Å². The summed E-state index contributed by atoms with van der Waals surface area (Å²) in [4.78, 5) is 2.52. The van der Waals surface area contributed by atoms with Crippen LogP contribution >= 0.6 is 0 Å². The molecular formula is C14H22N2. The van der Waals surface area contributed by atoms with Gasteiger partial charge in [-0.2, -0.15) is 0 Å². The third-order valence-corrected chi connectivity index (χ3v) is 3.55. The lowest BCUT2D eigenvalue weighted by molar-refractivity contribution is 0.342. The van der Waals surface area contributed by atoms with Gasteiger partial charge in [0.15, 0.2) is 0 Å². The molecule has 2 unspecified atom stereocenters. The van der Waals surface area contributed by atoms with Crippen LogP contribution in [-0.4, -0.2) is 30.6 Å². The highest BCUT2D eigenvalue weighted by Crippen LogP contribution is 2.16. The van der Waals surface area contributed by atoms with Crippen molar-refractivity contribution in [2.75, 3.05) is 19.6 Å². The second-order valence-corrected chi connectivity index (χ2v) is 4.80. The largest absolute Gasteiger partial charge is 0.308 e. The van der Waals surface area contributed by atoms with E-state index in [1.54, 1.807) is 0 Å². The molecular weight excluding hydrogens is 196 g/mol. The fraction of sp³-hybridized carbons (Fsp3) is 0.571. The minimum Gasteiger partial charge on any atom is -0.308 e.